The van der Waals surface area contributed by atoms with E-state index in [1.54, 1.807) is 0 Å². The minimum atomic E-state index is 0.280. The lowest BCUT2D eigenvalue weighted by atomic mass is 10.0. The van der Waals surface area contributed by atoms with E-state index in [-0.39, 0.29) is 5.91 Å². The first-order valence-corrected chi connectivity index (χ1v) is 5.77. The van der Waals surface area contributed by atoms with Crippen LogP contribution in [0.25, 0.3) is 0 Å². The average Bonchev–Trinajstić information content (AvgIpc) is 2.25. The van der Waals surface area contributed by atoms with Crippen molar-refractivity contribution in [3.63, 3.8) is 0 Å². The normalized spacial score (nSPS) is 18.6. The Kier molecular flexibility index (Phi) is 4.82. The summed E-state index contributed by atoms with van der Waals surface area (Å²) in [5.74, 6) is 0.734. The molecule has 1 unspecified atom stereocenters. The smallest absolute Gasteiger partial charge is 0.222 e. The van der Waals surface area contributed by atoms with Crippen LogP contribution >= 0.6 is 0 Å². The van der Waals surface area contributed by atoms with Crippen LogP contribution in [0.3, 0.4) is 0 Å². The second-order valence-electron chi connectivity index (χ2n) is 4.53. The van der Waals surface area contributed by atoms with Crippen LogP contribution in [0.4, 0.5) is 0 Å². The Bertz CT molecular complexity index is 248. The monoisotopic (exact) mass is 210 g/mol. The minimum absolute atomic E-state index is 0.280. The van der Waals surface area contributed by atoms with Gasteiger partial charge in [0.05, 0.1) is 0 Å². The SMILES string of the molecule is CC1=CCCN(C(=O)CCC(C)CN)C1. The molecule has 0 aliphatic carbocycles. The molecule has 0 saturated heterocycles. The predicted octanol–water partition coefficient (Wildman–Crippen LogP) is 1.54. The van der Waals surface area contributed by atoms with Crippen LogP contribution in [0.5, 0.6) is 0 Å². The van der Waals surface area contributed by atoms with Crippen LogP contribution in [-0.2, 0) is 4.79 Å². The van der Waals surface area contributed by atoms with Crippen molar-refractivity contribution in [3.05, 3.63) is 11.6 Å². The Morgan fingerprint density at radius 3 is 3.00 bits per heavy atom. The van der Waals surface area contributed by atoms with Crippen LogP contribution < -0.4 is 5.73 Å². The van der Waals surface area contributed by atoms with Gasteiger partial charge in [-0.1, -0.05) is 18.6 Å². The van der Waals surface area contributed by atoms with Gasteiger partial charge in [0.15, 0.2) is 0 Å². The maximum atomic E-state index is 11.8. The second-order valence-corrected chi connectivity index (χ2v) is 4.53. The molecule has 0 spiro atoms. The molecule has 0 saturated carbocycles. The van der Waals surface area contributed by atoms with Gasteiger partial charge in [-0.25, -0.2) is 0 Å². The first-order chi connectivity index (χ1) is 7.13. The highest BCUT2D eigenvalue weighted by molar-refractivity contribution is 5.76. The number of nitrogens with zero attached hydrogens (tertiary/aromatic N) is 1. The van der Waals surface area contributed by atoms with E-state index in [0.29, 0.717) is 18.9 Å². The van der Waals surface area contributed by atoms with Crippen molar-refractivity contribution < 1.29 is 4.79 Å². The van der Waals surface area contributed by atoms with Gasteiger partial charge >= 0.3 is 0 Å². The standard InChI is InChI=1S/C12H22N2O/c1-10(8-13)5-6-12(15)14-7-3-4-11(2)9-14/h4,10H,3,5-9,13H2,1-2H3. The molecule has 0 radical (unpaired) electrons. The molecular weight excluding hydrogens is 188 g/mol. The molecule has 1 atom stereocenters. The molecule has 1 rings (SSSR count). The van der Waals surface area contributed by atoms with Crippen LogP contribution in [0.2, 0.25) is 0 Å². The van der Waals surface area contributed by atoms with E-state index < -0.39 is 0 Å². The summed E-state index contributed by atoms with van der Waals surface area (Å²) >= 11 is 0. The first-order valence-electron chi connectivity index (χ1n) is 5.77. The molecule has 2 N–H and O–H groups in total. The Morgan fingerprint density at radius 2 is 2.40 bits per heavy atom. The average molecular weight is 210 g/mol. The van der Waals surface area contributed by atoms with E-state index >= 15 is 0 Å². The molecule has 0 aromatic heterocycles. The molecule has 86 valence electrons. The minimum Gasteiger partial charge on any atom is -0.338 e. The van der Waals surface area contributed by atoms with Crippen molar-refractivity contribution in [2.75, 3.05) is 19.6 Å². The number of carbonyl (C=O) groups excluding carboxylic acids is 1. The van der Waals surface area contributed by atoms with E-state index in [4.69, 9.17) is 5.73 Å². The molecule has 15 heavy (non-hydrogen) atoms. The van der Waals surface area contributed by atoms with Crippen molar-refractivity contribution >= 4 is 5.91 Å². The molecule has 3 heteroatoms. The number of hydrogen-bond acceptors (Lipinski definition) is 2. The summed E-state index contributed by atoms with van der Waals surface area (Å²) in [6.07, 6.45) is 4.77. The third-order valence-corrected chi connectivity index (χ3v) is 2.94. The third kappa shape index (κ3) is 4.04. The van der Waals surface area contributed by atoms with Gasteiger partial charge in [-0.2, -0.15) is 0 Å². The maximum absolute atomic E-state index is 11.8. The zero-order valence-corrected chi connectivity index (χ0v) is 9.83. The lowest BCUT2D eigenvalue weighted by molar-refractivity contribution is -0.131. The number of amides is 1. The largest absolute Gasteiger partial charge is 0.338 e. The van der Waals surface area contributed by atoms with E-state index in [1.165, 1.54) is 5.57 Å². The van der Waals surface area contributed by atoms with Crippen LogP contribution in [0, 0.1) is 5.92 Å². The quantitative estimate of drug-likeness (QED) is 0.715. The van der Waals surface area contributed by atoms with Crippen molar-refractivity contribution in [1.29, 1.82) is 0 Å². The van der Waals surface area contributed by atoms with E-state index in [2.05, 4.69) is 19.9 Å². The summed E-state index contributed by atoms with van der Waals surface area (Å²) in [6.45, 7) is 6.55. The van der Waals surface area contributed by atoms with E-state index in [0.717, 1.165) is 25.9 Å². The van der Waals surface area contributed by atoms with E-state index in [1.807, 2.05) is 4.90 Å². The molecule has 1 aliphatic heterocycles. The van der Waals surface area contributed by atoms with Gasteiger partial charge in [0.25, 0.3) is 0 Å². The van der Waals surface area contributed by atoms with Gasteiger partial charge in [0, 0.05) is 19.5 Å². The fourth-order valence-electron chi connectivity index (χ4n) is 1.77. The van der Waals surface area contributed by atoms with Crippen molar-refractivity contribution in [2.24, 2.45) is 11.7 Å². The molecular formula is C12H22N2O. The highest BCUT2D eigenvalue weighted by atomic mass is 16.2. The molecule has 1 heterocycles. The van der Waals surface area contributed by atoms with Crippen LogP contribution in [0.1, 0.15) is 33.1 Å². The van der Waals surface area contributed by atoms with Crippen molar-refractivity contribution in [2.45, 2.75) is 33.1 Å². The predicted molar refractivity (Wildman–Crippen MR) is 62.4 cm³/mol. The zero-order valence-electron chi connectivity index (χ0n) is 9.83. The summed E-state index contributed by atoms with van der Waals surface area (Å²) in [7, 11) is 0. The Hall–Kier alpha value is -0.830. The van der Waals surface area contributed by atoms with Gasteiger partial charge in [0.2, 0.25) is 5.91 Å². The summed E-state index contributed by atoms with van der Waals surface area (Å²) in [4.78, 5) is 13.8. The van der Waals surface area contributed by atoms with Gasteiger partial charge in [-0.15, -0.1) is 0 Å². The van der Waals surface area contributed by atoms with Gasteiger partial charge < -0.3 is 10.6 Å². The summed E-state index contributed by atoms with van der Waals surface area (Å²) in [5, 5.41) is 0. The van der Waals surface area contributed by atoms with E-state index in [9.17, 15) is 4.79 Å². The fraction of sp³-hybridized carbons (Fsp3) is 0.750. The number of hydrogen-bond donors (Lipinski definition) is 1. The highest BCUT2D eigenvalue weighted by Crippen LogP contribution is 2.12. The molecule has 0 aromatic rings. The topological polar surface area (TPSA) is 46.3 Å². The van der Waals surface area contributed by atoms with Crippen LogP contribution in [-0.4, -0.2) is 30.4 Å². The number of nitrogens with two attached hydrogens (primary N) is 1. The molecule has 0 bridgehead atoms. The van der Waals surface area contributed by atoms with Gasteiger partial charge in [-0.05, 0) is 32.2 Å². The molecule has 1 aliphatic rings. The lowest BCUT2D eigenvalue weighted by Gasteiger charge is -2.26. The van der Waals surface area contributed by atoms with Crippen molar-refractivity contribution in [1.82, 2.24) is 4.90 Å². The summed E-state index contributed by atoms with van der Waals surface area (Å²) < 4.78 is 0. The Morgan fingerprint density at radius 1 is 1.67 bits per heavy atom. The fourth-order valence-corrected chi connectivity index (χ4v) is 1.77. The van der Waals surface area contributed by atoms with Gasteiger partial charge in [0.1, 0.15) is 0 Å². The molecule has 1 amide bonds. The Labute approximate surface area is 92.3 Å². The number of rotatable bonds is 4. The summed E-state index contributed by atoms with van der Waals surface area (Å²) in [5.41, 5.74) is 6.83. The zero-order chi connectivity index (χ0) is 11.3. The second kappa shape index (κ2) is 5.91. The van der Waals surface area contributed by atoms with Gasteiger partial charge in [-0.3, -0.25) is 4.79 Å². The molecule has 0 aromatic carbocycles. The molecule has 0 fully saturated rings. The third-order valence-electron chi connectivity index (χ3n) is 2.94. The van der Waals surface area contributed by atoms with Crippen molar-refractivity contribution in [3.8, 4) is 0 Å². The van der Waals surface area contributed by atoms with Crippen LogP contribution in [0.15, 0.2) is 11.6 Å². The lowest BCUT2D eigenvalue weighted by Crippen LogP contribution is -2.35. The maximum Gasteiger partial charge on any atom is 0.222 e. The first kappa shape index (κ1) is 12.2. The number of carbonyl (C=O) groups is 1. The molecule has 3 nitrogen and oxygen atoms in total. The Balaban J connectivity index is 2.31. The highest BCUT2D eigenvalue weighted by Gasteiger charge is 2.16. The summed E-state index contributed by atoms with van der Waals surface area (Å²) in [6, 6.07) is 0.